The Morgan fingerprint density at radius 3 is 2.85 bits per heavy atom. The molecule has 3 heterocycles. The number of aryl methyl sites for hydroxylation is 1. The molecule has 2 aromatic heterocycles. The molecule has 1 unspecified atom stereocenters. The van der Waals surface area contributed by atoms with Gasteiger partial charge in [-0.25, -0.2) is 4.98 Å². The van der Waals surface area contributed by atoms with Gasteiger partial charge in [-0.15, -0.1) is 0 Å². The van der Waals surface area contributed by atoms with E-state index >= 15 is 0 Å². The number of fused-ring (bicyclic) bond motifs is 1. The zero-order chi connectivity index (χ0) is 19.0. The Labute approximate surface area is 157 Å². The number of hydrogen-bond donors (Lipinski definition) is 1. The molecule has 1 atom stereocenters. The average molecular weight is 365 g/mol. The Bertz CT molecular complexity index is 980. The summed E-state index contributed by atoms with van der Waals surface area (Å²) >= 11 is 0. The third-order valence-electron chi connectivity index (χ3n) is 4.96. The topological polar surface area (TPSA) is 85.8 Å². The zero-order valence-electron chi connectivity index (χ0n) is 15.6. The van der Waals surface area contributed by atoms with E-state index < -0.39 is 0 Å². The summed E-state index contributed by atoms with van der Waals surface area (Å²) < 4.78 is 7.04. The number of rotatable bonds is 4. The first-order valence-electron chi connectivity index (χ1n) is 9.23. The lowest BCUT2D eigenvalue weighted by atomic mass is 10.0. The van der Waals surface area contributed by atoms with Crippen molar-refractivity contribution in [1.82, 2.24) is 19.5 Å². The van der Waals surface area contributed by atoms with Crippen molar-refractivity contribution in [2.45, 2.75) is 32.7 Å². The van der Waals surface area contributed by atoms with Gasteiger partial charge in [0.1, 0.15) is 17.1 Å². The van der Waals surface area contributed by atoms with Gasteiger partial charge in [0.25, 0.3) is 5.91 Å². The highest BCUT2D eigenvalue weighted by molar-refractivity contribution is 5.98. The summed E-state index contributed by atoms with van der Waals surface area (Å²) in [5.74, 6) is 1.06. The van der Waals surface area contributed by atoms with Gasteiger partial charge >= 0.3 is 0 Å². The SMILES string of the molecule is CCOc1ccc(C2CCCN2C(=O)c2cnc3cc(C)nn3c2N)cc1. The highest BCUT2D eigenvalue weighted by Gasteiger charge is 2.32. The van der Waals surface area contributed by atoms with Gasteiger partial charge in [0.15, 0.2) is 5.65 Å². The predicted molar refractivity (Wildman–Crippen MR) is 103 cm³/mol. The minimum absolute atomic E-state index is 0.0302. The van der Waals surface area contributed by atoms with E-state index in [1.54, 1.807) is 6.20 Å². The quantitative estimate of drug-likeness (QED) is 0.768. The molecule has 2 N–H and O–H groups in total. The number of amides is 1. The summed E-state index contributed by atoms with van der Waals surface area (Å²) in [7, 11) is 0. The van der Waals surface area contributed by atoms with Crippen molar-refractivity contribution in [3.05, 3.63) is 53.3 Å². The van der Waals surface area contributed by atoms with Crippen LogP contribution >= 0.6 is 0 Å². The maximum Gasteiger partial charge on any atom is 0.259 e. The van der Waals surface area contributed by atoms with Crippen LogP contribution in [0.5, 0.6) is 5.75 Å². The second kappa shape index (κ2) is 6.90. The van der Waals surface area contributed by atoms with Gasteiger partial charge in [-0.1, -0.05) is 12.1 Å². The predicted octanol–water partition coefficient (Wildman–Crippen LogP) is 3.00. The molecule has 1 fully saturated rings. The van der Waals surface area contributed by atoms with Crippen LogP contribution in [0.4, 0.5) is 5.82 Å². The van der Waals surface area contributed by atoms with E-state index in [4.69, 9.17) is 10.5 Å². The Kier molecular flexibility index (Phi) is 4.43. The monoisotopic (exact) mass is 365 g/mol. The van der Waals surface area contributed by atoms with Crippen molar-refractivity contribution in [2.75, 3.05) is 18.9 Å². The number of carbonyl (C=O) groups excluding carboxylic acids is 1. The van der Waals surface area contributed by atoms with Crippen molar-refractivity contribution in [2.24, 2.45) is 0 Å². The average Bonchev–Trinajstić information content (AvgIpc) is 3.29. The van der Waals surface area contributed by atoms with E-state index in [0.717, 1.165) is 29.8 Å². The number of nitrogen functional groups attached to an aromatic ring is 1. The Morgan fingerprint density at radius 1 is 1.33 bits per heavy atom. The molecular formula is C20H23N5O2. The van der Waals surface area contributed by atoms with Crippen LogP contribution in [0.15, 0.2) is 36.5 Å². The van der Waals surface area contributed by atoms with Gasteiger partial charge in [-0.3, -0.25) is 4.79 Å². The number of hydrogen-bond acceptors (Lipinski definition) is 5. The minimum atomic E-state index is -0.105. The number of anilines is 1. The van der Waals surface area contributed by atoms with E-state index in [1.807, 2.05) is 49.1 Å². The molecule has 0 aliphatic carbocycles. The van der Waals surface area contributed by atoms with E-state index in [0.29, 0.717) is 30.2 Å². The van der Waals surface area contributed by atoms with Crippen molar-refractivity contribution in [3.8, 4) is 5.75 Å². The van der Waals surface area contributed by atoms with Crippen LogP contribution in [0.1, 0.15) is 47.4 Å². The molecule has 1 aliphatic heterocycles. The largest absolute Gasteiger partial charge is 0.494 e. The van der Waals surface area contributed by atoms with E-state index in [-0.39, 0.29) is 11.9 Å². The molecule has 27 heavy (non-hydrogen) atoms. The molecule has 0 bridgehead atoms. The first-order valence-corrected chi connectivity index (χ1v) is 9.23. The van der Waals surface area contributed by atoms with E-state index in [2.05, 4.69) is 10.1 Å². The number of ether oxygens (including phenoxy) is 1. The van der Waals surface area contributed by atoms with Crippen LogP contribution in [-0.4, -0.2) is 38.6 Å². The summed E-state index contributed by atoms with van der Waals surface area (Å²) in [5.41, 5.74) is 9.19. The Hall–Kier alpha value is -3.09. The van der Waals surface area contributed by atoms with Crippen molar-refractivity contribution < 1.29 is 9.53 Å². The fourth-order valence-corrected chi connectivity index (χ4v) is 3.69. The Balaban J connectivity index is 1.63. The molecule has 1 saturated heterocycles. The van der Waals surface area contributed by atoms with Crippen LogP contribution in [0.25, 0.3) is 5.65 Å². The molecule has 0 spiro atoms. The van der Waals surface area contributed by atoms with Crippen molar-refractivity contribution in [3.63, 3.8) is 0 Å². The molecule has 140 valence electrons. The fourth-order valence-electron chi connectivity index (χ4n) is 3.69. The normalized spacial score (nSPS) is 16.8. The standard InChI is InChI=1S/C20H23N5O2/c1-3-27-15-8-6-14(7-9-15)17-5-4-10-24(17)20(26)16-12-22-18-11-13(2)23-25(18)19(16)21/h6-9,11-12,17H,3-5,10,21H2,1-2H3. The maximum atomic E-state index is 13.2. The fraction of sp³-hybridized carbons (Fsp3) is 0.350. The highest BCUT2D eigenvalue weighted by atomic mass is 16.5. The first kappa shape index (κ1) is 17.3. The van der Waals surface area contributed by atoms with Gasteiger partial charge in [0, 0.05) is 18.8 Å². The summed E-state index contributed by atoms with van der Waals surface area (Å²) in [6.45, 7) is 5.17. The molecule has 0 saturated carbocycles. The third kappa shape index (κ3) is 3.09. The summed E-state index contributed by atoms with van der Waals surface area (Å²) in [4.78, 5) is 19.4. The zero-order valence-corrected chi connectivity index (χ0v) is 15.6. The lowest BCUT2D eigenvalue weighted by molar-refractivity contribution is 0.0736. The molecule has 4 rings (SSSR count). The van der Waals surface area contributed by atoms with Gasteiger partial charge < -0.3 is 15.4 Å². The summed E-state index contributed by atoms with van der Waals surface area (Å²) in [6.07, 6.45) is 3.44. The van der Waals surface area contributed by atoms with E-state index in [1.165, 1.54) is 4.52 Å². The van der Waals surface area contributed by atoms with Crippen LogP contribution < -0.4 is 10.5 Å². The molecule has 1 aromatic carbocycles. The number of nitrogens with zero attached hydrogens (tertiary/aromatic N) is 4. The molecule has 1 amide bonds. The third-order valence-corrected chi connectivity index (χ3v) is 4.96. The number of likely N-dealkylation sites (tertiary alicyclic amines) is 1. The number of benzene rings is 1. The van der Waals surface area contributed by atoms with Gasteiger partial charge in [-0.05, 0) is 44.4 Å². The minimum Gasteiger partial charge on any atom is -0.494 e. The number of carbonyl (C=O) groups is 1. The molecule has 1 aliphatic rings. The molecule has 3 aromatic rings. The highest BCUT2D eigenvalue weighted by Crippen LogP contribution is 2.34. The number of nitrogens with two attached hydrogens (primary N) is 1. The van der Waals surface area contributed by atoms with Crippen LogP contribution in [0, 0.1) is 6.92 Å². The smallest absolute Gasteiger partial charge is 0.259 e. The van der Waals surface area contributed by atoms with Crippen molar-refractivity contribution >= 4 is 17.4 Å². The Morgan fingerprint density at radius 2 is 2.11 bits per heavy atom. The van der Waals surface area contributed by atoms with Gasteiger partial charge in [-0.2, -0.15) is 9.61 Å². The molecule has 0 radical (unpaired) electrons. The van der Waals surface area contributed by atoms with Gasteiger partial charge in [0.05, 0.1) is 18.3 Å². The van der Waals surface area contributed by atoms with E-state index in [9.17, 15) is 4.79 Å². The van der Waals surface area contributed by atoms with Crippen LogP contribution in [0.2, 0.25) is 0 Å². The summed E-state index contributed by atoms with van der Waals surface area (Å²) in [5, 5.41) is 4.33. The lowest BCUT2D eigenvalue weighted by Crippen LogP contribution is -2.31. The first-order chi connectivity index (χ1) is 13.1. The molecule has 7 nitrogen and oxygen atoms in total. The van der Waals surface area contributed by atoms with Gasteiger partial charge in [0.2, 0.25) is 0 Å². The molecule has 7 heteroatoms. The van der Waals surface area contributed by atoms with Crippen LogP contribution in [0.3, 0.4) is 0 Å². The van der Waals surface area contributed by atoms with Crippen LogP contribution in [-0.2, 0) is 0 Å². The second-order valence-electron chi connectivity index (χ2n) is 6.77. The number of aromatic nitrogens is 3. The summed E-state index contributed by atoms with van der Waals surface area (Å²) in [6, 6.07) is 9.83. The second-order valence-corrected chi connectivity index (χ2v) is 6.77. The van der Waals surface area contributed by atoms with Crippen molar-refractivity contribution in [1.29, 1.82) is 0 Å². The molecular weight excluding hydrogens is 342 g/mol. The lowest BCUT2D eigenvalue weighted by Gasteiger charge is -2.25. The maximum absolute atomic E-state index is 13.2.